The number of carbonyl (C=O) groups excluding carboxylic acids is 2. The van der Waals surface area contributed by atoms with Gasteiger partial charge in [0.15, 0.2) is 0 Å². The molecule has 2 N–H and O–H groups in total. The normalized spacial score (nSPS) is 13.3. The lowest BCUT2D eigenvalue weighted by atomic mass is 10.1. The fraction of sp³-hybridized carbons (Fsp3) is 0.333. The maximum absolute atomic E-state index is 12.5. The smallest absolute Gasteiger partial charge is 0.316 e. The Hall–Kier alpha value is -3.20. The highest BCUT2D eigenvalue weighted by atomic mass is 32.1. The number of fused-ring (bicyclic) bond motifs is 2. The van der Waals surface area contributed by atoms with E-state index in [1.165, 1.54) is 15.0 Å². The summed E-state index contributed by atoms with van der Waals surface area (Å²) >= 11 is 1.73. The number of hydrogen-bond acceptors (Lipinski definition) is 5. The Labute approximate surface area is 176 Å². The third kappa shape index (κ3) is 3.80. The minimum absolute atomic E-state index is 0.0157. The largest absolute Gasteiger partial charge is 0.352 e. The molecule has 0 unspecified atom stereocenters. The molecular weight excluding hydrogens is 404 g/mol. The van der Waals surface area contributed by atoms with E-state index >= 15 is 0 Å². The number of nitrogens with one attached hydrogen (secondary N) is 2. The van der Waals surface area contributed by atoms with Gasteiger partial charge in [0.25, 0.3) is 5.91 Å². The summed E-state index contributed by atoms with van der Waals surface area (Å²) in [5.41, 5.74) is 1.21. The van der Waals surface area contributed by atoms with E-state index in [2.05, 4.69) is 21.7 Å². The van der Waals surface area contributed by atoms with Crippen LogP contribution in [0.3, 0.4) is 0 Å². The van der Waals surface area contributed by atoms with Gasteiger partial charge in [-0.3, -0.25) is 19.2 Å². The fourth-order valence-corrected chi connectivity index (χ4v) is 4.63. The van der Waals surface area contributed by atoms with Crippen LogP contribution in [0.1, 0.15) is 34.1 Å². The average molecular weight is 426 g/mol. The first-order chi connectivity index (χ1) is 14.5. The first-order valence-electron chi connectivity index (χ1n) is 9.86. The zero-order valence-electron chi connectivity index (χ0n) is 16.6. The van der Waals surface area contributed by atoms with E-state index in [1.54, 1.807) is 36.5 Å². The summed E-state index contributed by atoms with van der Waals surface area (Å²) in [6.07, 6.45) is 1.11. The molecule has 3 heterocycles. The molecule has 8 nitrogen and oxygen atoms in total. The van der Waals surface area contributed by atoms with Gasteiger partial charge < -0.3 is 19.8 Å². The second-order valence-electron chi connectivity index (χ2n) is 7.18. The number of nitrogens with zero attached hydrogens (tertiary/aromatic N) is 2. The average Bonchev–Trinajstić information content (AvgIpc) is 3.22. The molecule has 0 spiro atoms. The Morgan fingerprint density at radius 1 is 1.23 bits per heavy atom. The number of aromatic nitrogens is 2. The van der Waals surface area contributed by atoms with Crippen molar-refractivity contribution in [2.75, 3.05) is 13.1 Å². The monoisotopic (exact) mass is 426 g/mol. The topological polar surface area (TPSA) is 104 Å². The van der Waals surface area contributed by atoms with Gasteiger partial charge in [0.2, 0.25) is 5.91 Å². The van der Waals surface area contributed by atoms with Crippen molar-refractivity contribution in [3.05, 3.63) is 66.4 Å². The number of thiophene rings is 1. The highest BCUT2D eigenvalue weighted by Crippen LogP contribution is 2.24. The van der Waals surface area contributed by atoms with Crippen LogP contribution in [-0.2, 0) is 24.3 Å². The van der Waals surface area contributed by atoms with Crippen molar-refractivity contribution >= 4 is 34.2 Å². The molecule has 0 saturated carbocycles. The Balaban J connectivity index is 1.39. The molecule has 0 radical (unpaired) electrons. The maximum atomic E-state index is 12.5. The predicted molar refractivity (Wildman–Crippen MR) is 115 cm³/mol. The first kappa shape index (κ1) is 20.1. The molecular formula is C21H22N4O4S. The van der Waals surface area contributed by atoms with Crippen LogP contribution in [-0.4, -0.2) is 39.4 Å². The van der Waals surface area contributed by atoms with Crippen LogP contribution in [0.5, 0.6) is 0 Å². The van der Waals surface area contributed by atoms with Crippen LogP contribution in [0.25, 0.3) is 11.0 Å². The van der Waals surface area contributed by atoms with Gasteiger partial charge in [-0.05, 0) is 48.6 Å². The van der Waals surface area contributed by atoms with Crippen molar-refractivity contribution in [2.24, 2.45) is 0 Å². The number of benzene rings is 1. The van der Waals surface area contributed by atoms with Gasteiger partial charge >= 0.3 is 11.1 Å². The van der Waals surface area contributed by atoms with Crippen LogP contribution in [0.4, 0.5) is 0 Å². The fourth-order valence-electron chi connectivity index (χ4n) is 3.74. The van der Waals surface area contributed by atoms with Crippen LogP contribution in [0.15, 0.2) is 39.2 Å². The molecule has 156 valence electrons. The van der Waals surface area contributed by atoms with Gasteiger partial charge in [-0.25, -0.2) is 0 Å². The molecule has 2 aromatic heterocycles. The zero-order chi connectivity index (χ0) is 21.3. The third-order valence-electron chi connectivity index (χ3n) is 5.34. The van der Waals surface area contributed by atoms with E-state index in [0.29, 0.717) is 36.2 Å². The van der Waals surface area contributed by atoms with E-state index in [4.69, 9.17) is 0 Å². The van der Waals surface area contributed by atoms with Crippen molar-refractivity contribution in [1.82, 2.24) is 19.8 Å². The second-order valence-corrected chi connectivity index (χ2v) is 8.18. The van der Waals surface area contributed by atoms with E-state index < -0.39 is 11.1 Å². The van der Waals surface area contributed by atoms with E-state index in [-0.39, 0.29) is 24.8 Å². The summed E-state index contributed by atoms with van der Waals surface area (Å²) in [5.74, 6) is -0.319. The number of aryl methyl sites for hydroxylation is 1. The number of hydrogen-bond donors (Lipinski definition) is 2. The molecule has 9 heteroatoms. The standard InChI is InChI=1S/C21H22N4O4S/c1-2-25-16-4-3-13(11-15(16)23-20(28)21(25)29)19(27)22-8-5-18(26)24-9-6-17-14(12-24)7-10-30-17/h3-4,7,10-11H,2,5-6,8-9,12H2,1H3,(H,22,27)(H,23,28). The Morgan fingerprint density at radius 2 is 2.07 bits per heavy atom. The molecule has 1 aromatic carbocycles. The summed E-state index contributed by atoms with van der Waals surface area (Å²) in [6, 6.07) is 6.85. The van der Waals surface area contributed by atoms with E-state index in [9.17, 15) is 19.2 Å². The number of amides is 2. The summed E-state index contributed by atoms with van der Waals surface area (Å²) in [7, 11) is 0. The molecule has 30 heavy (non-hydrogen) atoms. The zero-order valence-corrected chi connectivity index (χ0v) is 17.4. The van der Waals surface area contributed by atoms with Crippen molar-refractivity contribution in [3.8, 4) is 0 Å². The van der Waals surface area contributed by atoms with Crippen molar-refractivity contribution in [2.45, 2.75) is 32.9 Å². The SMILES string of the molecule is CCn1c(=O)c(=O)[nH]c2cc(C(=O)NCCC(=O)N3CCc4sccc4C3)ccc21. The van der Waals surface area contributed by atoms with Gasteiger partial charge in [-0.15, -0.1) is 11.3 Å². The first-order valence-corrected chi connectivity index (χ1v) is 10.7. The predicted octanol–water partition coefficient (Wildman–Crippen LogP) is 1.48. The Morgan fingerprint density at radius 3 is 2.87 bits per heavy atom. The lowest BCUT2D eigenvalue weighted by Gasteiger charge is -2.27. The molecule has 1 aliphatic rings. The van der Waals surface area contributed by atoms with Gasteiger partial charge in [0.05, 0.1) is 11.0 Å². The van der Waals surface area contributed by atoms with Crippen LogP contribution in [0.2, 0.25) is 0 Å². The number of rotatable bonds is 5. The summed E-state index contributed by atoms with van der Waals surface area (Å²) in [6.45, 7) is 3.70. The van der Waals surface area contributed by atoms with Crippen LogP contribution in [0, 0.1) is 0 Å². The number of carbonyl (C=O) groups is 2. The summed E-state index contributed by atoms with van der Waals surface area (Å²) < 4.78 is 1.37. The minimum atomic E-state index is -0.720. The molecule has 0 bridgehead atoms. The van der Waals surface area contributed by atoms with Gasteiger partial charge in [0.1, 0.15) is 0 Å². The molecule has 3 aromatic rings. The molecule has 0 fully saturated rings. The van der Waals surface area contributed by atoms with Gasteiger partial charge in [0, 0.05) is 43.0 Å². The van der Waals surface area contributed by atoms with Crippen molar-refractivity contribution < 1.29 is 9.59 Å². The molecule has 2 amide bonds. The molecule has 4 rings (SSSR count). The number of H-pyrrole nitrogens is 1. The maximum Gasteiger partial charge on any atom is 0.316 e. The Bertz CT molecular complexity index is 1240. The highest BCUT2D eigenvalue weighted by molar-refractivity contribution is 7.10. The quantitative estimate of drug-likeness (QED) is 0.603. The lowest BCUT2D eigenvalue weighted by Crippen LogP contribution is -2.37. The third-order valence-corrected chi connectivity index (χ3v) is 6.36. The van der Waals surface area contributed by atoms with Crippen molar-refractivity contribution in [1.29, 1.82) is 0 Å². The molecule has 1 aliphatic heterocycles. The van der Waals surface area contributed by atoms with Crippen LogP contribution < -0.4 is 16.4 Å². The Kier molecular flexibility index (Phi) is 5.54. The van der Waals surface area contributed by atoms with Crippen molar-refractivity contribution in [3.63, 3.8) is 0 Å². The molecule has 0 atom stereocenters. The van der Waals surface area contributed by atoms with Crippen LogP contribution >= 0.6 is 11.3 Å². The summed E-state index contributed by atoms with van der Waals surface area (Å²) in [4.78, 5) is 54.4. The molecule has 0 aliphatic carbocycles. The van der Waals surface area contributed by atoms with E-state index in [1.807, 2.05) is 4.90 Å². The van der Waals surface area contributed by atoms with E-state index in [0.717, 1.165) is 6.42 Å². The summed E-state index contributed by atoms with van der Waals surface area (Å²) in [5, 5.41) is 4.81. The molecule has 0 saturated heterocycles. The van der Waals surface area contributed by atoms with Gasteiger partial charge in [-0.1, -0.05) is 0 Å². The van der Waals surface area contributed by atoms with Gasteiger partial charge in [-0.2, -0.15) is 0 Å². The lowest BCUT2D eigenvalue weighted by molar-refractivity contribution is -0.131. The minimum Gasteiger partial charge on any atom is -0.352 e. The highest BCUT2D eigenvalue weighted by Gasteiger charge is 2.21. The number of aromatic amines is 1. The second kappa shape index (κ2) is 8.27.